The number of aromatic nitrogens is 2. The molecule has 3 aromatic rings. The minimum Gasteiger partial charge on any atom is -0.356 e. The molecule has 0 aliphatic carbocycles. The second-order valence-electron chi connectivity index (χ2n) is 5.61. The van der Waals surface area contributed by atoms with Gasteiger partial charge in [-0.15, -0.1) is 11.3 Å². The highest BCUT2D eigenvalue weighted by atomic mass is 32.1. The maximum absolute atomic E-state index is 12.6. The van der Waals surface area contributed by atoms with E-state index in [1.807, 2.05) is 35.7 Å². The molecule has 4 rings (SSSR count). The molecule has 0 N–H and O–H groups in total. The molecule has 5 heteroatoms. The Bertz CT molecular complexity index is 847. The van der Waals surface area contributed by atoms with Crippen LogP contribution >= 0.6 is 11.3 Å². The molecule has 0 radical (unpaired) electrons. The molecule has 0 amide bonds. The summed E-state index contributed by atoms with van der Waals surface area (Å²) in [6.07, 6.45) is 3.64. The second kappa shape index (κ2) is 5.57. The van der Waals surface area contributed by atoms with Gasteiger partial charge >= 0.3 is 0 Å². The van der Waals surface area contributed by atoms with Crippen molar-refractivity contribution in [3.63, 3.8) is 0 Å². The molecular weight excluding hydrogens is 294 g/mol. The first-order valence-electron chi connectivity index (χ1n) is 7.64. The van der Waals surface area contributed by atoms with E-state index < -0.39 is 0 Å². The van der Waals surface area contributed by atoms with Gasteiger partial charge in [-0.1, -0.05) is 30.3 Å². The topological polar surface area (TPSA) is 37.6 Å². The third kappa shape index (κ3) is 2.31. The lowest BCUT2D eigenvalue weighted by atomic mass is 10.1. The van der Waals surface area contributed by atoms with Crippen molar-refractivity contribution in [1.29, 1.82) is 0 Å². The molecule has 1 fully saturated rings. The van der Waals surface area contributed by atoms with Crippen LogP contribution in [0.3, 0.4) is 0 Å². The zero-order chi connectivity index (χ0) is 14.9. The SMILES string of the molecule is O=c1cc(N2CCCCC2)nc2scc(-c3ccccc3)n12. The van der Waals surface area contributed by atoms with Gasteiger partial charge in [0, 0.05) is 24.5 Å². The van der Waals surface area contributed by atoms with E-state index in [0.29, 0.717) is 0 Å². The number of benzene rings is 1. The van der Waals surface area contributed by atoms with Gasteiger partial charge in [-0.25, -0.2) is 4.98 Å². The fraction of sp³-hybridized carbons (Fsp3) is 0.294. The van der Waals surface area contributed by atoms with Crippen LogP contribution in [0.1, 0.15) is 19.3 Å². The monoisotopic (exact) mass is 311 g/mol. The van der Waals surface area contributed by atoms with Crippen molar-refractivity contribution in [2.45, 2.75) is 19.3 Å². The van der Waals surface area contributed by atoms with E-state index in [2.05, 4.69) is 4.90 Å². The van der Waals surface area contributed by atoms with Crippen molar-refractivity contribution in [2.75, 3.05) is 18.0 Å². The van der Waals surface area contributed by atoms with E-state index in [4.69, 9.17) is 4.98 Å². The summed E-state index contributed by atoms with van der Waals surface area (Å²) < 4.78 is 1.72. The highest BCUT2D eigenvalue weighted by molar-refractivity contribution is 7.15. The minimum absolute atomic E-state index is 0.00526. The Morgan fingerprint density at radius 3 is 2.59 bits per heavy atom. The molecule has 0 spiro atoms. The van der Waals surface area contributed by atoms with Crippen molar-refractivity contribution < 1.29 is 0 Å². The fourth-order valence-electron chi connectivity index (χ4n) is 3.00. The first-order valence-corrected chi connectivity index (χ1v) is 8.52. The lowest BCUT2D eigenvalue weighted by Gasteiger charge is -2.27. The van der Waals surface area contributed by atoms with Crippen LogP contribution in [0.4, 0.5) is 5.82 Å². The molecule has 0 bridgehead atoms. The maximum Gasteiger partial charge on any atom is 0.261 e. The molecule has 1 saturated heterocycles. The van der Waals surface area contributed by atoms with Crippen LogP contribution in [-0.2, 0) is 0 Å². The van der Waals surface area contributed by atoms with E-state index in [-0.39, 0.29) is 5.56 Å². The number of hydrogen-bond donors (Lipinski definition) is 0. The van der Waals surface area contributed by atoms with Gasteiger partial charge < -0.3 is 4.90 Å². The van der Waals surface area contributed by atoms with Gasteiger partial charge in [-0.2, -0.15) is 0 Å². The predicted octanol–water partition coefficient (Wildman–Crippen LogP) is 3.41. The molecule has 3 heterocycles. The molecule has 2 aromatic heterocycles. The van der Waals surface area contributed by atoms with Gasteiger partial charge in [-0.05, 0) is 24.8 Å². The lowest BCUT2D eigenvalue weighted by molar-refractivity contribution is 0.573. The average molecular weight is 311 g/mol. The third-order valence-corrected chi connectivity index (χ3v) is 4.97. The number of hydrogen-bond acceptors (Lipinski definition) is 4. The number of piperidine rings is 1. The normalized spacial score (nSPS) is 15.4. The smallest absolute Gasteiger partial charge is 0.261 e. The molecule has 112 valence electrons. The van der Waals surface area contributed by atoms with E-state index in [1.54, 1.807) is 10.5 Å². The van der Waals surface area contributed by atoms with Crippen LogP contribution in [0.25, 0.3) is 16.2 Å². The number of nitrogens with zero attached hydrogens (tertiary/aromatic N) is 3. The van der Waals surface area contributed by atoms with Crippen molar-refractivity contribution in [2.24, 2.45) is 0 Å². The third-order valence-electron chi connectivity index (χ3n) is 4.14. The second-order valence-corrected chi connectivity index (χ2v) is 6.44. The minimum atomic E-state index is 0.00526. The Labute approximate surface area is 132 Å². The zero-order valence-electron chi connectivity index (χ0n) is 12.2. The first kappa shape index (κ1) is 13.5. The van der Waals surface area contributed by atoms with Crippen molar-refractivity contribution in [1.82, 2.24) is 9.38 Å². The summed E-state index contributed by atoms with van der Waals surface area (Å²) in [6.45, 7) is 2.00. The van der Waals surface area contributed by atoms with E-state index in [9.17, 15) is 4.79 Å². The number of fused-ring (bicyclic) bond motifs is 1. The fourth-order valence-corrected chi connectivity index (χ4v) is 3.90. The molecular formula is C17H17N3OS. The Morgan fingerprint density at radius 2 is 1.82 bits per heavy atom. The Kier molecular flexibility index (Phi) is 3.42. The molecule has 4 nitrogen and oxygen atoms in total. The summed E-state index contributed by atoms with van der Waals surface area (Å²) in [7, 11) is 0. The average Bonchev–Trinajstić information content (AvgIpc) is 3.01. The van der Waals surface area contributed by atoms with Crippen LogP contribution in [0.5, 0.6) is 0 Å². The van der Waals surface area contributed by atoms with Crippen molar-refractivity contribution in [3.05, 3.63) is 52.1 Å². The molecule has 1 aromatic carbocycles. The molecule has 0 unspecified atom stereocenters. The highest BCUT2D eigenvalue weighted by Gasteiger charge is 2.16. The van der Waals surface area contributed by atoms with Gasteiger partial charge in [-0.3, -0.25) is 9.20 Å². The largest absolute Gasteiger partial charge is 0.356 e. The molecule has 1 aliphatic heterocycles. The summed E-state index contributed by atoms with van der Waals surface area (Å²) in [5, 5.41) is 2.01. The zero-order valence-corrected chi connectivity index (χ0v) is 13.1. The molecule has 1 aliphatic rings. The van der Waals surface area contributed by atoms with Crippen LogP contribution in [0.15, 0.2) is 46.6 Å². The maximum atomic E-state index is 12.6. The Hall–Kier alpha value is -2.14. The quantitative estimate of drug-likeness (QED) is 0.728. The highest BCUT2D eigenvalue weighted by Crippen LogP contribution is 2.25. The summed E-state index contributed by atoms with van der Waals surface area (Å²) in [5.41, 5.74) is 1.97. The van der Waals surface area contributed by atoms with Gasteiger partial charge in [0.2, 0.25) is 0 Å². The van der Waals surface area contributed by atoms with Gasteiger partial charge in [0.15, 0.2) is 4.96 Å². The number of thiazole rings is 1. The molecule has 22 heavy (non-hydrogen) atoms. The van der Waals surface area contributed by atoms with Crippen LogP contribution in [0.2, 0.25) is 0 Å². The summed E-state index contributed by atoms with van der Waals surface area (Å²) in [4.78, 5) is 20.3. The van der Waals surface area contributed by atoms with Crippen molar-refractivity contribution >= 4 is 22.1 Å². The molecule has 0 atom stereocenters. The standard InChI is InChI=1S/C17H17N3OS/c21-16-11-15(19-9-5-2-6-10-19)18-17-20(16)14(12-22-17)13-7-3-1-4-8-13/h1,3-4,7-8,11-12H,2,5-6,9-10H2. The van der Waals surface area contributed by atoms with Crippen molar-refractivity contribution in [3.8, 4) is 11.3 Å². The van der Waals surface area contributed by atoms with Gasteiger partial charge in [0.25, 0.3) is 5.56 Å². The van der Waals surface area contributed by atoms with Crippen LogP contribution in [0, 0.1) is 0 Å². The van der Waals surface area contributed by atoms with Crippen LogP contribution < -0.4 is 10.5 Å². The van der Waals surface area contributed by atoms with E-state index in [1.165, 1.54) is 30.6 Å². The summed E-state index contributed by atoms with van der Waals surface area (Å²) >= 11 is 1.53. The summed E-state index contributed by atoms with van der Waals surface area (Å²) in [6, 6.07) is 11.7. The van der Waals surface area contributed by atoms with Gasteiger partial charge in [0.05, 0.1) is 5.69 Å². The lowest BCUT2D eigenvalue weighted by Crippen LogP contribution is -2.31. The predicted molar refractivity (Wildman–Crippen MR) is 90.8 cm³/mol. The van der Waals surface area contributed by atoms with Crippen LogP contribution in [-0.4, -0.2) is 22.5 Å². The molecule has 0 saturated carbocycles. The Balaban J connectivity index is 1.82. The first-order chi connectivity index (χ1) is 10.8. The summed E-state index contributed by atoms with van der Waals surface area (Å²) in [5.74, 6) is 0.825. The number of rotatable bonds is 2. The van der Waals surface area contributed by atoms with E-state index >= 15 is 0 Å². The van der Waals surface area contributed by atoms with E-state index in [0.717, 1.165) is 35.1 Å². The van der Waals surface area contributed by atoms with Gasteiger partial charge in [0.1, 0.15) is 5.82 Å². The Morgan fingerprint density at radius 1 is 1.05 bits per heavy atom. The number of anilines is 1.